The van der Waals surface area contributed by atoms with Gasteiger partial charge in [-0.25, -0.2) is 0 Å². The first-order valence-corrected chi connectivity index (χ1v) is 3.93. The van der Waals surface area contributed by atoms with Crippen LogP contribution in [0.25, 0.3) is 0 Å². The van der Waals surface area contributed by atoms with Crippen LogP contribution in [-0.4, -0.2) is 13.2 Å². The maximum absolute atomic E-state index is 5.38. The van der Waals surface area contributed by atoms with Gasteiger partial charge in [-0.15, -0.1) is 5.92 Å². The van der Waals surface area contributed by atoms with Crippen molar-refractivity contribution in [3.63, 3.8) is 0 Å². The van der Waals surface area contributed by atoms with E-state index in [4.69, 9.17) is 4.74 Å². The molecular formula is C9H12O. The Labute approximate surface area is 61.8 Å². The van der Waals surface area contributed by atoms with Gasteiger partial charge in [-0.2, -0.15) is 0 Å². The van der Waals surface area contributed by atoms with Crippen LogP contribution in [0.5, 0.6) is 0 Å². The van der Waals surface area contributed by atoms with Crippen molar-refractivity contribution in [1.29, 1.82) is 0 Å². The van der Waals surface area contributed by atoms with E-state index in [2.05, 4.69) is 11.8 Å². The van der Waals surface area contributed by atoms with Crippen molar-refractivity contribution in [2.75, 3.05) is 7.11 Å². The van der Waals surface area contributed by atoms with Gasteiger partial charge in [0.2, 0.25) is 0 Å². The fourth-order valence-electron chi connectivity index (χ4n) is 2.10. The molecule has 1 fully saturated rings. The Bertz CT molecular complexity index is 187. The largest absolute Gasteiger partial charge is 0.380 e. The van der Waals surface area contributed by atoms with E-state index in [0.29, 0.717) is 12.0 Å². The molecule has 0 aromatic rings. The maximum Gasteiger partial charge on any atom is 0.0745 e. The third-order valence-corrected chi connectivity index (χ3v) is 2.63. The Balaban J connectivity index is 2.19. The van der Waals surface area contributed by atoms with Crippen LogP contribution in [0.1, 0.15) is 19.3 Å². The molecule has 2 rings (SSSR count). The number of hydrogen-bond acceptors (Lipinski definition) is 1. The van der Waals surface area contributed by atoms with Gasteiger partial charge in [-0.05, 0) is 18.8 Å². The molecule has 2 aliphatic carbocycles. The van der Waals surface area contributed by atoms with E-state index in [1.54, 1.807) is 0 Å². The summed E-state index contributed by atoms with van der Waals surface area (Å²) >= 11 is 0. The number of rotatable bonds is 1. The van der Waals surface area contributed by atoms with Gasteiger partial charge in [0, 0.05) is 19.4 Å². The van der Waals surface area contributed by atoms with Crippen molar-refractivity contribution in [3.05, 3.63) is 0 Å². The van der Waals surface area contributed by atoms with Gasteiger partial charge in [-0.3, -0.25) is 0 Å². The summed E-state index contributed by atoms with van der Waals surface area (Å²) in [6.45, 7) is 0. The minimum absolute atomic E-state index is 0.459. The molecule has 0 N–H and O–H groups in total. The van der Waals surface area contributed by atoms with E-state index in [-0.39, 0.29) is 0 Å². The molecule has 0 saturated heterocycles. The van der Waals surface area contributed by atoms with Crippen LogP contribution in [0, 0.1) is 23.7 Å². The molecule has 3 unspecified atom stereocenters. The summed E-state index contributed by atoms with van der Waals surface area (Å²) in [6.07, 6.45) is 4.09. The summed E-state index contributed by atoms with van der Waals surface area (Å²) in [4.78, 5) is 0. The van der Waals surface area contributed by atoms with Crippen molar-refractivity contribution in [3.8, 4) is 11.8 Å². The van der Waals surface area contributed by atoms with Gasteiger partial charge >= 0.3 is 0 Å². The van der Waals surface area contributed by atoms with Gasteiger partial charge in [0.05, 0.1) is 6.10 Å². The summed E-state index contributed by atoms with van der Waals surface area (Å²) < 4.78 is 5.38. The number of methoxy groups -OCH3 is 1. The molecule has 0 aromatic heterocycles. The molecule has 54 valence electrons. The minimum atomic E-state index is 0.459. The van der Waals surface area contributed by atoms with Gasteiger partial charge in [0.25, 0.3) is 0 Å². The predicted octanol–water partition coefficient (Wildman–Crippen LogP) is 1.43. The number of hydrogen-bond donors (Lipinski definition) is 0. The standard InChI is InChI=1S/C9H12O/c1-10-9-7-3-2-4-8(9)6-5-7/h7-9H,3,5-6H2,1H3. The molecule has 0 amide bonds. The lowest BCUT2D eigenvalue weighted by atomic mass is 9.94. The monoisotopic (exact) mass is 136 g/mol. The van der Waals surface area contributed by atoms with E-state index in [1.807, 2.05) is 7.11 Å². The number of ether oxygens (including phenoxy) is 1. The van der Waals surface area contributed by atoms with Crippen LogP contribution in [0.2, 0.25) is 0 Å². The highest BCUT2D eigenvalue weighted by Gasteiger charge is 2.36. The number of fused-ring (bicyclic) bond motifs is 2. The maximum atomic E-state index is 5.38. The second-order valence-corrected chi connectivity index (χ2v) is 3.17. The van der Waals surface area contributed by atoms with E-state index in [9.17, 15) is 0 Å². The molecule has 2 aliphatic rings. The zero-order valence-electron chi connectivity index (χ0n) is 6.26. The Hall–Kier alpha value is -0.480. The molecule has 3 atom stereocenters. The predicted molar refractivity (Wildman–Crippen MR) is 39.4 cm³/mol. The van der Waals surface area contributed by atoms with Gasteiger partial charge in [0.1, 0.15) is 0 Å². The fraction of sp³-hybridized carbons (Fsp3) is 0.778. The first kappa shape index (κ1) is 6.24. The average Bonchev–Trinajstić information content (AvgIpc) is 2.19. The molecule has 1 nitrogen and oxygen atoms in total. The molecule has 0 heterocycles. The molecule has 1 heteroatoms. The van der Waals surface area contributed by atoms with Crippen LogP contribution in [0.4, 0.5) is 0 Å². The molecule has 2 bridgehead atoms. The molecular weight excluding hydrogens is 124 g/mol. The molecule has 1 saturated carbocycles. The first-order valence-electron chi connectivity index (χ1n) is 3.93. The SMILES string of the molecule is COC1C2C#CCC1CC2. The van der Waals surface area contributed by atoms with E-state index < -0.39 is 0 Å². The van der Waals surface area contributed by atoms with Crippen molar-refractivity contribution in [2.24, 2.45) is 11.8 Å². The molecule has 0 spiro atoms. The Morgan fingerprint density at radius 3 is 2.90 bits per heavy atom. The molecule has 0 aromatic carbocycles. The van der Waals surface area contributed by atoms with Gasteiger partial charge in [0.15, 0.2) is 0 Å². The quantitative estimate of drug-likeness (QED) is 0.495. The Kier molecular flexibility index (Phi) is 1.43. The second kappa shape index (κ2) is 2.29. The molecule has 10 heavy (non-hydrogen) atoms. The Morgan fingerprint density at radius 2 is 2.30 bits per heavy atom. The topological polar surface area (TPSA) is 9.23 Å². The third kappa shape index (κ3) is 0.759. The van der Waals surface area contributed by atoms with Crippen LogP contribution < -0.4 is 0 Å². The van der Waals surface area contributed by atoms with Gasteiger partial charge < -0.3 is 4.74 Å². The van der Waals surface area contributed by atoms with Crippen LogP contribution >= 0.6 is 0 Å². The van der Waals surface area contributed by atoms with Crippen molar-refractivity contribution in [1.82, 2.24) is 0 Å². The van der Waals surface area contributed by atoms with Crippen LogP contribution in [0.15, 0.2) is 0 Å². The highest BCUT2D eigenvalue weighted by molar-refractivity contribution is 5.16. The summed E-state index contributed by atoms with van der Waals surface area (Å²) in [6, 6.07) is 0. The van der Waals surface area contributed by atoms with E-state index in [0.717, 1.165) is 12.3 Å². The third-order valence-electron chi connectivity index (χ3n) is 2.63. The lowest BCUT2D eigenvalue weighted by Crippen LogP contribution is -2.24. The van der Waals surface area contributed by atoms with Crippen molar-refractivity contribution >= 4 is 0 Å². The zero-order chi connectivity index (χ0) is 6.97. The lowest BCUT2D eigenvalue weighted by molar-refractivity contribution is 0.0520. The fourth-order valence-corrected chi connectivity index (χ4v) is 2.10. The highest BCUT2D eigenvalue weighted by atomic mass is 16.5. The first-order chi connectivity index (χ1) is 4.92. The lowest BCUT2D eigenvalue weighted by Gasteiger charge is -2.21. The molecule has 0 aliphatic heterocycles. The minimum Gasteiger partial charge on any atom is -0.380 e. The van der Waals surface area contributed by atoms with Gasteiger partial charge in [-0.1, -0.05) is 5.92 Å². The summed E-state index contributed by atoms with van der Waals surface area (Å²) in [5.74, 6) is 7.72. The summed E-state index contributed by atoms with van der Waals surface area (Å²) in [5.41, 5.74) is 0. The van der Waals surface area contributed by atoms with E-state index in [1.165, 1.54) is 12.8 Å². The van der Waals surface area contributed by atoms with E-state index >= 15 is 0 Å². The zero-order valence-corrected chi connectivity index (χ0v) is 6.26. The van der Waals surface area contributed by atoms with Crippen molar-refractivity contribution < 1.29 is 4.74 Å². The normalized spacial score (nSPS) is 42.7. The summed E-state index contributed by atoms with van der Waals surface area (Å²) in [7, 11) is 1.81. The highest BCUT2D eigenvalue weighted by Crippen LogP contribution is 2.37. The smallest absolute Gasteiger partial charge is 0.0745 e. The van der Waals surface area contributed by atoms with Crippen molar-refractivity contribution in [2.45, 2.75) is 25.4 Å². The van der Waals surface area contributed by atoms with Crippen LogP contribution in [-0.2, 0) is 4.74 Å². The second-order valence-electron chi connectivity index (χ2n) is 3.17. The summed E-state index contributed by atoms with van der Waals surface area (Å²) in [5, 5.41) is 0. The Morgan fingerprint density at radius 1 is 1.40 bits per heavy atom. The average molecular weight is 136 g/mol. The van der Waals surface area contributed by atoms with Crippen LogP contribution in [0.3, 0.4) is 0 Å². The molecule has 0 radical (unpaired) electrons.